The SMILES string of the molecule is O=C(O)c1ccc(/C=c2\sc3n(c2=O)[C@@H](c2ccccc2)C2=C(N=3)c3ccccc3CC2)cc1. The van der Waals surface area contributed by atoms with Gasteiger partial charge in [-0.1, -0.05) is 78.1 Å². The van der Waals surface area contributed by atoms with Crippen LogP contribution in [0.2, 0.25) is 0 Å². The average Bonchev–Trinajstić information content (AvgIpc) is 3.18. The molecule has 0 bridgehead atoms. The number of nitrogens with zero attached hydrogens (tertiary/aromatic N) is 2. The molecule has 0 unspecified atom stereocenters. The van der Waals surface area contributed by atoms with Crippen LogP contribution in [0, 0.1) is 0 Å². The van der Waals surface area contributed by atoms with Crippen LogP contribution in [-0.4, -0.2) is 15.6 Å². The predicted octanol–water partition coefficient (Wildman–Crippen LogP) is 4.02. The van der Waals surface area contributed by atoms with Gasteiger partial charge in [0.05, 0.1) is 21.8 Å². The van der Waals surface area contributed by atoms with Gasteiger partial charge in [0.2, 0.25) is 0 Å². The van der Waals surface area contributed by atoms with Crippen LogP contribution in [0.3, 0.4) is 0 Å². The lowest BCUT2D eigenvalue weighted by molar-refractivity contribution is 0.0697. The Bertz CT molecular complexity index is 1640. The van der Waals surface area contributed by atoms with Gasteiger partial charge in [0, 0.05) is 5.56 Å². The van der Waals surface area contributed by atoms with Gasteiger partial charge in [0.15, 0.2) is 4.80 Å². The summed E-state index contributed by atoms with van der Waals surface area (Å²) in [4.78, 5) is 30.5. The summed E-state index contributed by atoms with van der Waals surface area (Å²) >= 11 is 1.37. The summed E-state index contributed by atoms with van der Waals surface area (Å²) in [5.41, 5.74) is 6.58. The molecular weight excluding hydrogens is 444 g/mol. The van der Waals surface area contributed by atoms with Crippen LogP contribution in [0.4, 0.5) is 0 Å². The molecule has 2 heterocycles. The highest BCUT2D eigenvalue weighted by molar-refractivity contribution is 7.07. The minimum Gasteiger partial charge on any atom is -0.478 e. The molecule has 5 nitrogen and oxygen atoms in total. The molecule has 0 fully saturated rings. The van der Waals surface area contributed by atoms with Gasteiger partial charge >= 0.3 is 5.97 Å². The number of carboxylic acid groups (broad SMARTS) is 1. The lowest BCUT2D eigenvalue weighted by Gasteiger charge is -2.30. The Kier molecular flexibility index (Phi) is 4.89. The van der Waals surface area contributed by atoms with Gasteiger partial charge in [0.25, 0.3) is 5.56 Å². The number of benzene rings is 3. The van der Waals surface area contributed by atoms with Crippen molar-refractivity contribution in [3.63, 3.8) is 0 Å². The molecule has 1 aliphatic carbocycles. The van der Waals surface area contributed by atoms with E-state index >= 15 is 0 Å². The van der Waals surface area contributed by atoms with E-state index in [0.717, 1.165) is 35.2 Å². The third-order valence-corrected chi connectivity index (χ3v) is 7.43. The van der Waals surface area contributed by atoms with Crippen molar-refractivity contribution in [3.05, 3.63) is 132 Å². The second-order valence-electron chi connectivity index (χ2n) is 8.45. The van der Waals surface area contributed by atoms with Crippen LogP contribution in [0.25, 0.3) is 11.8 Å². The van der Waals surface area contributed by atoms with Crippen molar-refractivity contribution in [1.29, 1.82) is 0 Å². The topological polar surface area (TPSA) is 71.7 Å². The second kappa shape index (κ2) is 8.08. The van der Waals surface area contributed by atoms with E-state index in [1.54, 1.807) is 24.3 Å². The molecule has 3 aromatic carbocycles. The Labute approximate surface area is 199 Å². The van der Waals surface area contributed by atoms with Crippen LogP contribution >= 0.6 is 11.3 Å². The third kappa shape index (κ3) is 3.35. The first-order valence-corrected chi connectivity index (χ1v) is 11.9. The van der Waals surface area contributed by atoms with Gasteiger partial charge in [-0.3, -0.25) is 9.36 Å². The molecule has 0 spiro atoms. The molecule has 6 rings (SSSR count). The van der Waals surface area contributed by atoms with E-state index in [4.69, 9.17) is 10.1 Å². The highest BCUT2D eigenvalue weighted by atomic mass is 32.1. The van der Waals surface area contributed by atoms with Crippen molar-refractivity contribution >= 4 is 29.1 Å². The quantitative estimate of drug-likeness (QED) is 0.498. The normalized spacial score (nSPS) is 16.9. The van der Waals surface area contributed by atoms with Crippen molar-refractivity contribution < 1.29 is 9.90 Å². The van der Waals surface area contributed by atoms with Crippen LogP contribution in [-0.2, 0) is 6.42 Å². The standard InChI is InChI=1S/C28H20N2O3S/c31-26-23(16-17-10-12-20(13-11-17)27(32)33)34-28-29-24-21-9-5-4-6-18(21)14-15-22(24)25(30(26)28)19-7-2-1-3-8-19/h1-13,16,25H,14-15H2,(H,32,33)/b23-16-/t25-/m0/s1. The summed E-state index contributed by atoms with van der Waals surface area (Å²) in [5.74, 6) is -0.973. The Morgan fingerprint density at radius 3 is 2.47 bits per heavy atom. The maximum absolute atomic E-state index is 13.7. The summed E-state index contributed by atoms with van der Waals surface area (Å²) in [6.45, 7) is 0. The molecule has 0 radical (unpaired) electrons. The highest BCUT2D eigenvalue weighted by Crippen LogP contribution is 2.41. The number of aryl methyl sites for hydroxylation is 1. The molecule has 34 heavy (non-hydrogen) atoms. The van der Waals surface area contributed by atoms with Gasteiger partial charge < -0.3 is 5.11 Å². The van der Waals surface area contributed by atoms with E-state index in [1.807, 2.05) is 34.9 Å². The van der Waals surface area contributed by atoms with Gasteiger partial charge in [-0.15, -0.1) is 0 Å². The maximum atomic E-state index is 13.7. The lowest BCUT2D eigenvalue weighted by atomic mass is 9.83. The van der Waals surface area contributed by atoms with Crippen LogP contribution < -0.4 is 14.9 Å². The number of fused-ring (bicyclic) bond motifs is 3. The Hall–Kier alpha value is -4.03. The molecular formula is C28H20N2O3S. The van der Waals surface area contributed by atoms with E-state index in [1.165, 1.54) is 22.5 Å². The summed E-state index contributed by atoms with van der Waals surface area (Å²) in [5, 5.41) is 9.15. The number of rotatable bonds is 3. The zero-order chi connectivity index (χ0) is 23.2. The minimum absolute atomic E-state index is 0.0784. The first-order chi connectivity index (χ1) is 16.6. The van der Waals surface area contributed by atoms with E-state index in [0.29, 0.717) is 9.33 Å². The fourth-order valence-corrected chi connectivity index (χ4v) is 5.83. The number of aromatic nitrogens is 1. The predicted molar refractivity (Wildman–Crippen MR) is 133 cm³/mol. The summed E-state index contributed by atoms with van der Waals surface area (Å²) in [6, 6.07) is 24.9. The zero-order valence-electron chi connectivity index (χ0n) is 18.1. The molecule has 1 atom stereocenters. The first-order valence-electron chi connectivity index (χ1n) is 11.1. The number of thiazole rings is 1. The molecule has 1 N–H and O–H groups in total. The Balaban J connectivity index is 1.58. The minimum atomic E-state index is -0.973. The maximum Gasteiger partial charge on any atom is 0.335 e. The van der Waals surface area contributed by atoms with Crippen molar-refractivity contribution in [2.75, 3.05) is 0 Å². The number of carboxylic acids is 1. The van der Waals surface area contributed by atoms with Gasteiger partial charge in [-0.05, 0) is 53.3 Å². The number of carbonyl (C=O) groups is 1. The first kappa shape index (κ1) is 20.6. The summed E-state index contributed by atoms with van der Waals surface area (Å²) in [7, 11) is 0. The molecule has 166 valence electrons. The monoisotopic (exact) mass is 464 g/mol. The van der Waals surface area contributed by atoms with Crippen LogP contribution in [0.5, 0.6) is 0 Å². The van der Waals surface area contributed by atoms with Crippen LogP contribution in [0.15, 0.2) is 94.2 Å². The van der Waals surface area contributed by atoms with Gasteiger partial charge in [0.1, 0.15) is 0 Å². The molecule has 0 saturated heterocycles. The highest BCUT2D eigenvalue weighted by Gasteiger charge is 2.32. The van der Waals surface area contributed by atoms with E-state index in [-0.39, 0.29) is 17.2 Å². The molecule has 0 saturated carbocycles. The van der Waals surface area contributed by atoms with Gasteiger partial charge in [-0.2, -0.15) is 0 Å². The largest absolute Gasteiger partial charge is 0.478 e. The molecule has 1 aromatic heterocycles. The van der Waals surface area contributed by atoms with Crippen molar-refractivity contribution in [2.45, 2.75) is 18.9 Å². The third-order valence-electron chi connectivity index (χ3n) is 6.44. The van der Waals surface area contributed by atoms with Crippen molar-refractivity contribution in [3.8, 4) is 0 Å². The number of hydrogen-bond donors (Lipinski definition) is 1. The molecule has 1 aliphatic heterocycles. The molecule has 4 aromatic rings. The molecule has 6 heteroatoms. The zero-order valence-corrected chi connectivity index (χ0v) is 19.0. The van der Waals surface area contributed by atoms with E-state index in [9.17, 15) is 9.59 Å². The van der Waals surface area contributed by atoms with E-state index in [2.05, 4.69) is 30.3 Å². The van der Waals surface area contributed by atoms with E-state index < -0.39 is 5.97 Å². The van der Waals surface area contributed by atoms with Gasteiger partial charge in [-0.25, -0.2) is 9.79 Å². The number of hydrogen-bond acceptors (Lipinski definition) is 4. The van der Waals surface area contributed by atoms with Crippen molar-refractivity contribution in [2.24, 2.45) is 4.99 Å². The number of aromatic carboxylic acids is 1. The van der Waals surface area contributed by atoms with Crippen LogP contribution in [0.1, 0.15) is 45.1 Å². The fourth-order valence-electron chi connectivity index (χ4n) is 4.83. The Morgan fingerprint density at radius 2 is 1.71 bits per heavy atom. The molecule has 2 aliphatic rings. The van der Waals surface area contributed by atoms with Crippen molar-refractivity contribution in [1.82, 2.24) is 4.57 Å². The second-order valence-corrected chi connectivity index (χ2v) is 9.46. The summed E-state index contributed by atoms with van der Waals surface area (Å²) in [6.07, 6.45) is 3.60. The lowest BCUT2D eigenvalue weighted by Crippen LogP contribution is -2.38. The number of allylic oxidation sites excluding steroid dienone is 1. The smallest absolute Gasteiger partial charge is 0.335 e. The Morgan fingerprint density at radius 1 is 0.971 bits per heavy atom. The summed E-state index contributed by atoms with van der Waals surface area (Å²) < 4.78 is 2.40. The fraction of sp³-hybridized carbons (Fsp3) is 0.107. The molecule has 0 amide bonds. The average molecular weight is 465 g/mol.